The summed E-state index contributed by atoms with van der Waals surface area (Å²) in [7, 11) is 1.23. The highest BCUT2D eigenvalue weighted by Gasteiger charge is 2.39. The molecule has 0 atom stereocenters. The Kier molecular flexibility index (Phi) is 4.36. The number of ether oxygens (including phenoxy) is 1. The summed E-state index contributed by atoms with van der Waals surface area (Å²) in [5.41, 5.74) is 0.202. The Labute approximate surface area is 106 Å². The highest BCUT2D eigenvalue weighted by molar-refractivity contribution is 5.97. The van der Waals surface area contributed by atoms with Crippen LogP contribution in [0.1, 0.15) is 6.92 Å². The van der Waals surface area contributed by atoms with Gasteiger partial charge in [0.25, 0.3) is 0 Å². The van der Waals surface area contributed by atoms with Gasteiger partial charge in [-0.3, -0.25) is 9.59 Å². The summed E-state index contributed by atoms with van der Waals surface area (Å²) < 4.78 is 41.2. The molecule has 0 aliphatic rings. The highest BCUT2D eigenvalue weighted by atomic mass is 19.4. The Balaban J connectivity index is 2.96. The van der Waals surface area contributed by atoms with E-state index in [1.165, 1.54) is 32.2 Å². The van der Waals surface area contributed by atoms with Gasteiger partial charge in [-0.2, -0.15) is 13.2 Å². The maximum atomic E-state index is 12.1. The molecule has 0 bridgehead atoms. The van der Waals surface area contributed by atoms with Crippen molar-refractivity contribution in [2.45, 2.75) is 13.1 Å². The first-order valence-corrected chi connectivity index (χ1v) is 5.08. The fraction of sp³-hybridized carbons (Fsp3) is 0.273. The van der Waals surface area contributed by atoms with Crippen molar-refractivity contribution in [2.75, 3.05) is 17.7 Å². The fourth-order valence-corrected chi connectivity index (χ4v) is 1.27. The van der Waals surface area contributed by atoms with Crippen LogP contribution in [0.5, 0.6) is 5.75 Å². The first-order chi connectivity index (χ1) is 8.74. The van der Waals surface area contributed by atoms with Gasteiger partial charge in [-0.1, -0.05) is 0 Å². The van der Waals surface area contributed by atoms with Gasteiger partial charge in [0.2, 0.25) is 5.91 Å². The van der Waals surface area contributed by atoms with E-state index in [0.29, 0.717) is 5.69 Å². The second-order valence-corrected chi connectivity index (χ2v) is 3.55. The zero-order valence-electron chi connectivity index (χ0n) is 10.1. The van der Waals surface area contributed by atoms with Crippen molar-refractivity contribution in [2.24, 2.45) is 0 Å². The Morgan fingerprint density at radius 2 is 1.84 bits per heavy atom. The lowest BCUT2D eigenvalue weighted by atomic mass is 10.2. The van der Waals surface area contributed by atoms with Gasteiger partial charge in [0.1, 0.15) is 5.75 Å². The third kappa shape index (κ3) is 4.16. The van der Waals surface area contributed by atoms with Gasteiger partial charge >= 0.3 is 12.1 Å². The lowest BCUT2D eigenvalue weighted by molar-refractivity contribution is -0.167. The predicted octanol–water partition coefficient (Wildman–Crippen LogP) is 2.15. The number of methoxy groups -OCH3 is 1. The number of rotatable bonds is 3. The summed E-state index contributed by atoms with van der Waals surface area (Å²) in [4.78, 5) is 21.6. The lowest BCUT2D eigenvalue weighted by Gasteiger charge is -2.13. The van der Waals surface area contributed by atoms with Crippen molar-refractivity contribution in [3.05, 3.63) is 18.2 Å². The van der Waals surface area contributed by atoms with Crippen LogP contribution in [0, 0.1) is 0 Å². The molecular formula is C11H11F3N2O3. The molecule has 0 radical (unpaired) electrons. The Morgan fingerprint density at radius 1 is 1.21 bits per heavy atom. The van der Waals surface area contributed by atoms with Gasteiger partial charge < -0.3 is 15.4 Å². The fourth-order valence-electron chi connectivity index (χ4n) is 1.27. The van der Waals surface area contributed by atoms with Crippen molar-refractivity contribution in [3.8, 4) is 5.75 Å². The molecule has 19 heavy (non-hydrogen) atoms. The second-order valence-electron chi connectivity index (χ2n) is 3.55. The van der Waals surface area contributed by atoms with Gasteiger partial charge in [0.15, 0.2) is 0 Å². The summed E-state index contributed by atoms with van der Waals surface area (Å²) in [6, 6.07) is 3.84. The number of hydrogen-bond acceptors (Lipinski definition) is 3. The molecule has 0 fully saturated rings. The molecule has 2 amide bonds. The maximum Gasteiger partial charge on any atom is 0.471 e. The molecule has 1 aromatic carbocycles. The zero-order chi connectivity index (χ0) is 14.6. The molecule has 2 N–H and O–H groups in total. The van der Waals surface area contributed by atoms with E-state index in [9.17, 15) is 22.8 Å². The third-order valence-electron chi connectivity index (χ3n) is 2.03. The zero-order valence-corrected chi connectivity index (χ0v) is 10.1. The van der Waals surface area contributed by atoms with E-state index in [4.69, 9.17) is 4.74 Å². The maximum absolute atomic E-state index is 12.1. The van der Waals surface area contributed by atoms with Gasteiger partial charge in [0.05, 0.1) is 12.8 Å². The minimum absolute atomic E-state index is 0.00356. The van der Waals surface area contributed by atoms with Crippen molar-refractivity contribution in [1.29, 1.82) is 0 Å². The monoisotopic (exact) mass is 276 g/mol. The Hall–Kier alpha value is -2.25. The minimum Gasteiger partial charge on any atom is -0.494 e. The number of benzene rings is 1. The number of nitrogens with one attached hydrogen (secondary N) is 2. The van der Waals surface area contributed by atoms with E-state index in [-0.39, 0.29) is 17.3 Å². The molecule has 1 aromatic rings. The summed E-state index contributed by atoms with van der Waals surface area (Å²) in [5, 5.41) is 4.12. The van der Waals surface area contributed by atoms with Crippen LogP contribution in [0.25, 0.3) is 0 Å². The van der Waals surface area contributed by atoms with E-state index in [2.05, 4.69) is 5.32 Å². The topological polar surface area (TPSA) is 67.4 Å². The molecule has 0 saturated heterocycles. The lowest BCUT2D eigenvalue weighted by Crippen LogP contribution is -2.30. The number of carbonyl (C=O) groups excluding carboxylic acids is 2. The molecule has 1 rings (SSSR count). The van der Waals surface area contributed by atoms with Crippen molar-refractivity contribution < 1.29 is 27.5 Å². The van der Waals surface area contributed by atoms with Crippen LogP contribution in [0.3, 0.4) is 0 Å². The Morgan fingerprint density at radius 3 is 2.32 bits per heavy atom. The van der Waals surface area contributed by atoms with E-state index in [1.54, 1.807) is 5.32 Å². The molecule has 0 unspecified atom stereocenters. The standard InChI is InChI=1S/C11H11F3N2O3/c1-6(17)15-7-3-4-8(9(5-7)19-2)16-10(18)11(12,13)14/h3-5H,1-2H3,(H,15,17)(H,16,18). The molecule has 104 valence electrons. The normalized spacial score (nSPS) is 10.8. The molecule has 0 aromatic heterocycles. The number of amides is 2. The molecule has 0 aliphatic heterocycles. The Bertz CT molecular complexity index is 500. The van der Waals surface area contributed by atoms with E-state index >= 15 is 0 Å². The van der Waals surface area contributed by atoms with Crippen LogP contribution < -0.4 is 15.4 Å². The van der Waals surface area contributed by atoms with E-state index in [1.807, 2.05) is 0 Å². The summed E-state index contributed by atoms with van der Waals surface area (Å²) in [6.45, 7) is 1.28. The largest absolute Gasteiger partial charge is 0.494 e. The number of anilines is 2. The van der Waals surface area contributed by atoms with Crippen molar-refractivity contribution >= 4 is 23.2 Å². The van der Waals surface area contributed by atoms with Crippen LogP contribution in [0.4, 0.5) is 24.5 Å². The number of carbonyl (C=O) groups is 2. The predicted molar refractivity (Wildman–Crippen MR) is 62.0 cm³/mol. The molecule has 0 saturated carbocycles. The SMILES string of the molecule is COc1cc(NC(C)=O)ccc1NC(=O)C(F)(F)F. The number of alkyl halides is 3. The molecule has 0 heterocycles. The van der Waals surface area contributed by atoms with Gasteiger partial charge in [0, 0.05) is 18.7 Å². The molecular weight excluding hydrogens is 265 g/mol. The van der Waals surface area contributed by atoms with Crippen molar-refractivity contribution in [1.82, 2.24) is 0 Å². The van der Waals surface area contributed by atoms with Crippen LogP contribution >= 0.6 is 0 Å². The van der Waals surface area contributed by atoms with Gasteiger partial charge in [-0.25, -0.2) is 0 Å². The second kappa shape index (κ2) is 5.59. The number of halogens is 3. The van der Waals surface area contributed by atoms with Crippen LogP contribution in [-0.2, 0) is 9.59 Å². The average Bonchev–Trinajstić information content (AvgIpc) is 2.29. The first-order valence-electron chi connectivity index (χ1n) is 5.08. The smallest absolute Gasteiger partial charge is 0.471 e. The highest BCUT2D eigenvalue weighted by Crippen LogP contribution is 2.29. The average molecular weight is 276 g/mol. The van der Waals surface area contributed by atoms with E-state index < -0.39 is 12.1 Å². The van der Waals surface area contributed by atoms with Crippen LogP contribution in [-0.4, -0.2) is 25.1 Å². The number of hydrogen-bond donors (Lipinski definition) is 2. The van der Waals surface area contributed by atoms with Gasteiger partial charge in [-0.05, 0) is 12.1 Å². The quantitative estimate of drug-likeness (QED) is 0.889. The molecule has 0 aliphatic carbocycles. The summed E-state index contributed by atoms with van der Waals surface area (Å²) in [5.74, 6) is -2.43. The van der Waals surface area contributed by atoms with Crippen molar-refractivity contribution in [3.63, 3.8) is 0 Å². The molecule has 5 nitrogen and oxygen atoms in total. The van der Waals surface area contributed by atoms with Crippen LogP contribution in [0.15, 0.2) is 18.2 Å². The molecule has 8 heteroatoms. The summed E-state index contributed by atoms with van der Waals surface area (Å²) in [6.07, 6.45) is -4.98. The molecule has 0 spiro atoms. The first kappa shape index (κ1) is 14.8. The summed E-state index contributed by atoms with van der Waals surface area (Å²) >= 11 is 0. The van der Waals surface area contributed by atoms with Gasteiger partial charge in [-0.15, -0.1) is 0 Å². The van der Waals surface area contributed by atoms with Crippen LogP contribution in [0.2, 0.25) is 0 Å². The minimum atomic E-state index is -4.98. The van der Waals surface area contributed by atoms with E-state index in [0.717, 1.165) is 0 Å². The third-order valence-corrected chi connectivity index (χ3v) is 2.03.